The minimum Gasteiger partial charge on any atom is -0.353 e. The average Bonchev–Trinajstić information content (AvgIpc) is 2.17. The molecule has 2 amide bonds. The van der Waals surface area contributed by atoms with E-state index in [0.29, 0.717) is 19.5 Å². The number of piperazine rings is 1. The Hall–Kier alpha value is -1.10. The highest BCUT2D eigenvalue weighted by Gasteiger charge is 2.24. The molecule has 0 radical (unpaired) electrons. The lowest BCUT2D eigenvalue weighted by atomic mass is 10.1. The first-order valence-electron chi connectivity index (χ1n) is 4.96. The van der Waals surface area contributed by atoms with E-state index >= 15 is 0 Å². The number of hydrogen-bond donors (Lipinski definition) is 2. The first-order chi connectivity index (χ1) is 6.65. The molecular formula is C9H17N3O2. The number of nitrogens with one attached hydrogen (secondary N) is 1. The van der Waals surface area contributed by atoms with Crippen molar-refractivity contribution in [2.45, 2.75) is 25.8 Å². The van der Waals surface area contributed by atoms with Crippen molar-refractivity contribution in [3.05, 3.63) is 0 Å². The molecule has 1 saturated heterocycles. The molecule has 0 aromatic carbocycles. The van der Waals surface area contributed by atoms with Crippen LogP contribution in [0, 0.1) is 0 Å². The number of nitrogens with zero attached hydrogens (tertiary/aromatic N) is 1. The minimum atomic E-state index is -0.453. The minimum absolute atomic E-state index is 0.103. The fourth-order valence-corrected chi connectivity index (χ4v) is 1.50. The predicted octanol–water partition coefficient (Wildman–Crippen LogP) is -0.928. The van der Waals surface area contributed by atoms with Crippen molar-refractivity contribution < 1.29 is 9.59 Å². The summed E-state index contributed by atoms with van der Waals surface area (Å²) in [5, 5.41) is 2.66. The summed E-state index contributed by atoms with van der Waals surface area (Å²) in [6.45, 7) is 3.23. The maximum atomic E-state index is 11.7. The monoisotopic (exact) mass is 199 g/mol. The van der Waals surface area contributed by atoms with E-state index < -0.39 is 6.04 Å². The van der Waals surface area contributed by atoms with E-state index in [-0.39, 0.29) is 18.4 Å². The van der Waals surface area contributed by atoms with Crippen LogP contribution >= 0.6 is 0 Å². The van der Waals surface area contributed by atoms with E-state index in [1.54, 1.807) is 0 Å². The second-order valence-electron chi connectivity index (χ2n) is 3.50. The first-order valence-corrected chi connectivity index (χ1v) is 4.96. The van der Waals surface area contributed by atoms with Gasteiger partial charge in [-0.15, -0.1) is 0 Å². The smallest absolute Gasteiger partial charge is 0.240 e. The van der Waals surface area contributed by atoms with E-state index in [2.05, 4.69) is 5.32 Å². The summed E-state index contributed by atoms with van der Waals surface area (Å²) >= 11 is 0. The van der Waals surface area contributed by atoms with Crippen LogP contribution in [0.25, 0.3) is 0 Å². The Bertz CT molecular complexity index is 230. The zero-order valence-corrected chi connectivity index (χ0v) is 8.45. The highest BCUT2D eigenvalue weighted by atomic mass is 16.2. The first kappa shape index (κ1) is 11.0. The Kier molecular flexibility index (Phi) is 3.88. The molecule has 0 aromatic rings. The molecule has 0 saturated carbocycles. The standard InChI is InChI=1S/C9H17N3O2/c1-2-3-7(10)9(14)12-5-4-11-8(13)6-12/h7H,2-6,10H2,1H3,(H,11,13)/t7-/m0/s1. The van der Waals surface area contributed by atoms with E-state index in [9.17, 15) is 9.59 Å². The summed E-state index contributed by atoms with van der Waals surface area (Å²) in [4.78, 5) is 24.2. The van der Waals surface area contributed by atoms with Crippen LogP contribution < -0.4 is 11.1 Å². The molecule has 0 bridgehead atoms. The molecule has 3 N–H and O–H groups in total. The molecule has 14 heavy (non-hydrogen) atoms. The van der Waals surface area contributed by atoms with Crippen LogP contribution in [0.5, 0.6) is 0 Å². The van der Waals surface area contributed by atoms with Gasteiger partial charge in [-0.2, -0.15) is 0 Å². The van der Waals surface area contributed by atoms with Gasteiger partial charge < -0.3 is 16.0 Å². The van der Waals surface area contributed by atoms with Crippen molar-refractivity contribution in [2.24, 2.45) is 5.73 Å². The molecule has 5 nitrogen and oxygen atoms in total. The molecule has 0 spiro atoms. The van der Waals surface area contributed by atoms with Crippen LogP contribution in [-0.4, -0.2) is 42.4 Å². The number of amides is 2. The van der Waals surface area contributed by atoms with Crippen molar-refractivity contribution in [3.8, 4) is 0 Å². The maximum absolute atomic E-state index is 11.7. The molecule has 0 aromatic heterocycles. The van der Waals surface area contributed by atoms with Gasteiger partial charge in [-0.25, -0.2) is 0 Å². The van der Waals surface area contributed by atoms with Gasteiger partial charge in [0.15, 0.2) is 0 Å². The second kappa shape index (κ2) is 4.95. The summed E-state index contributed by atoms with van der Waals surface area (Å²) < 4.78 is 0. The predicted molar refractivity (Wildman–Crippen MR) is 52.5 cm³/mol. The van der Waals surface area contributed by atoms with Gasteiger partial charge in [-0.05, 0) is 6.42 Å². The highest BCUT2D eigenvalue weighted by molar-refractivity contribution is 5.88. The van der Waals surface area contributed by atoms with Gasteiger partial charge in [0.1, 0.15) is 0 Å². The van der Waals surface area contributed by atoms with Gasteiger partial charge >= 0.3 is 0 Å². The van der Waals surface area contributed by atoms with Gasteiger partial charge in [-0.3, -0.25) is 9.59 Å². The summed E-state index contributed by atoms with van der Waals surface area (Å²) in [6, 6.07) is -0.453. The van der Waals surface area contributed by atoms with Crippen LogP contribution in [0.15, 0.2) is 0 Å². The van der Waals surface area contributed by atoms with Crippen LogP contribution in [0.4, 0.5) is 0 Å². The summed E-state index contributed by atoms with van der Waals surface area (Å²) in [7, 11) is 0. The second-order valence-corrected chi connectivity index (χ2v) is 3.50. The molecule has 1 heterocycles. The number of hydrogen-bond acceptors (Lipinski definition) is 3. The molecule has 1 atom stereocenters. The molecule has 80 valence electrons. The third-order valence-corrected chi connectivity index (χ3v) is 2.27. The third-order valence-electron chi connectivity index (χ3n) is 2.27. The Balaban J connectivity index is 2.46. The van der Waals surface area contributed by atoms with Crippen LogP contribution in [0.2, 0.25) is 0 Å². The van der Waals surface area contributed by atoms with Crippen LogP contribution in [0.3, 0.4) is 0 Å². The third kappa shape index (κ3) is 2.70. The quantitative estimate of drug-likeness (QED) is 0.616. The number of nitrogens with two attached hydrogens (primary N) is 1. The fourth-order valence-electron chi connectivity index (χ4n) is 1.50. The largest absolute Gasteiger partial charge is 0.353 e. The van der Waals surface area contributed by atoms with E-state index in [4.69, 9.17) is 5.73 Å². The number of carbonyl (C=O) groups is 2. The van der Waals surface area contributed by atoms with Crippen LogP contribution in [-0.2, 0) is 9.59 Å². The molecule has 0 aliphatic carbocycles. The van der Waals surface area contributed by atoms with Crippen molar-refractivity contribution in [2.75, 3.05) is 19.6 Å². The van der Waals surface area contributed by atoms with Gasteiger partial charge in [-0.1, -0.05) is 13.3 Å². The Morgan fingerprint density at radius 2 is 2.43 bits per heavy atom. The SMILES string of the molecule is CCC[C@H](N)C(=O)N1CCNC(=O)C1. The van der Waals surface area contributed by atoms with Gasteiger partial charge in [0.25, 0.3) is 0 Å². The number of carbonyl (C=O) groups excluding carboxylic acids is 2. The van der Waals surface area contributed by atoms with Gasteiger partial charge in [0.05, 0.1) is 12.6 Å². The number of rotatable bonds is 3. The fraction of sp³-hybridized carbons (Fsp3) is 0.778. The highest BCUT2D eigenvalue weighted by Crippen LogP contribution is 2.01. The zero-order valence-electron chi connectivity index (χ0n) is 8.45. The molecular weight excluding hydrogens is 182 g/mol. The van der Waals surface area contributed by atoms with Gasteiger partial charge in [0.2, 0.25) is 11.8 Å². The lowest BCUT2D eigenvalue weighted by molar-refractivity contribution is -0.139. The Morgan fingerprint density at radius 1 is 1.71 bits per heavy atom. The topological polar surface area (TPSA) is 75.4 Å². The molecule has 0 unspecified atom stereocenters. The van der Waals surface area contributed by atoms with Crippen molar-refractivity contribution in [1.82, 2.24) is 10.2 Å². The lowest BCUT2D eigenvalue weighted by Gasteiger charge is -2.28. The van der Waals surface area contributed by atoms with Crippen molar-refractivity contribution >= 4 is 11.8 Å². The lowest BCUT2D eigenvalue weighted by Crippen LogP contribution is -2.54. The Labute approximate surface area is 83.6 Å². The molecule has 1 aliphatic heterocycles. The summed E-state index contributed by atoms with van der Waals surface area (Å²) in [5.41, 5.74) is 5.68. The molecule has 1 rings (SSSR count). The average molecular weight is 199 g/mol. The molecule has 1 aliphatic rings. The normalized spacial score (nSPS) is 19.0. The van der Waals surface area contributed by atoms with Gasteiger partial charge in [0, 0.05) is 13.1 Å². The van der Waals surface area contributed by atoms with Crippen LogP contribution in [0.1, 0.15) is 19.8 Å². The molecule has 1 fully saturated rings. The summed E-state index contributed by atoms with van der Waals surface area (Å²) in [5.74, 6) is -0.213. The Morgan fingerprint density at radius 3 is 3.00 bits per heavy atom. The zero-order chi connectivity index (χ0) is 10.6. The van der Waals surface area contributed by atoms with E-state index in [1.807, 2.05) is 6.92 Å². The maximum Gasteiger partial charge on any atom is 0.240 e. The molecule has 5 heteroatoms. The van der Waals surface area contributed by atoms with Crippen molar-refractivity contribution in [3.63, 3.8) is 0 Å². The summed E-state index contributed by atoms with van der Waals surface area (Å²) in [6.07, 6.45) is 1.56. The van der Waals surface area contributed by atoms with E-state index in [1.165, 1.54) is 4.90 Å². The van der Waals surface area contributed by atoms with E-state index in [0.717, 1.165) is 6.42 Å². The van der Waals surface area contributed by atoms with Crippen molar-refractivity contribution in [1.29, 1.82) is 0 Å².